The first-order valence-electron chi connectivity index (χ1n) is 5.49. The van der Waals surface area contributed by atoms with Crippen LogP contribution in [0.25, 0.3) is 0 Å². The summed E-state index contributed by atoms with van der Waals surface area (Å²) >= 11 is 0. The number of aliphatic hydroxyl groups excluding tert-OH is 2. The van der Waals surface area contributed by atoms with E-state index in [1.54, 1.807) is 0 Å². The highest BCUT2D eigenvalue weighted by molar-refractivity contribution is 5.13. The molecule has 0 saturated carbocycles. The Hall–Kier alpha value is -1.06. The minimum Gasteiger partial charge on any atom is -0.390 e. The lowest BCUT2D eigenvalue weighted by atomic mass is 9.89. The van der Waals surface area contributed by atoms with Crippen LogP contribution in [0.3, 0.4) is 0 Å². The van der Waals surface area contributed by atoms with E-state index in [1.165, 1.54) is 0 Å². The topological polar surface area (TPSA) is 40.5 Å². The molecule has 0 radical (unpaired) electrons. The first-order valence-corrected chi connectivity index (χ1v) is 5.49. The summed E-state index contributed by atoms with van der Waals surface area (Å²) in [5.74, 6) is -52.4. The molecule has 0 aliphatic heterocycles. The third kappa shape index (κ3) is 2.90. The van der Waals surface area contributed by atoms with E-state index < -0.39 is 54.7 Å². The molecule has 2 nitrogen and oxygen atoms in total. The molecule has 0 spiro atoms. The zero-order chi connectivity index (χ0) is 20.9. The Balaban J connectivity index is 6.46. The summed E-state index contributed by atoms with van der Waals surface area (Å²) in [6.45, 7) is -6.61. The molecule has 0 aromatic rings. The van der Waals surface area contributed by atoms with Crippen molar-refractivity contribution in [2.75, 3.05) is 13.2 Å². The minimum atomic E-state index is -8.18. The van der Waals surface area contributed by atoms with E-state index in [9.17, 15) is 61.5 Å². The van der Waals surface area contributed by atoms with Gasteiger partial charge in [0.15, 0.2) is 0 Å². The van der Waals surface area contributed by atoms with Crippen LogP contribution in [0.15, 0.2) is 0 Å². The Bertz CT molecular complexity index is 443. The van der Waals surface area contributed by atoms with Gasteiger partial charge in [-0.05, 0) is 0 Å². The summed E-state index contributed by atoms with van der Waals surface area (Å²) in [5, 5.41) is 15.6. The van der Waals surface area contributed by atoms with Gasteiger partial charge in [0.1, 0.15) is 13.2 Å². The third-order valence-corrected chi connectivity index (χ3v) is 2.89. The zero-order valence-corrected chi connectivity index (χ0v) is 11.1. The van der Waals surface area contributed by atoms with Crippen molar-refractivity contribution in [2.24, 2.45) is 0 Å². The fraction of sp³-hybridized carbons (Fsp3) is 1.00. The summed E-state index contributed by atoms with van der Waals surface area (Å²) in [5.41, 5.74) is 0. The van der Waals surface area contributed by atoms with Crippen molar-refractivity contribution in [3.63, 3.8) is 0 Å². The highest BCUT2D eigenvalue weighted by atomic mass is 19.4. The molecular formula is C9H6F14O2. The lowest BCUT2D eigenvalue weighted by Gasteiger charge is -2.42. The van der Waals surface area contributed by atoms with Gasteiger partial charge in [0.25, 0.3) is 0 Å². The van der Waals surface area contributed by atoms with Crippen LogP contribution in [0.5, 0.6) is 0 Å². The third-order valence-electron chi connectivity index (χ3n) is 2.89. The summed E-state index contributed by atoms with van der Waals surface area (Å²) in [6.07, 6.45) is 0. The molecule has 25 heavy (non-hydrogen) atoms. The Labute approximate surface area is 128 Å². The highest BCUT2D eigenvalue weighted by Gasteiger charge is 2.92. The summed E-state index contributed by atoms with van der Waals surface area (Å²) < 4.78 is 179. The molecule has 0 aliphatic rings. The van der Waals surface area contributed by atoms with Crippen LogP contribution >= 0.6 is 0 Å². The first kappa shape index (κ1) is 23.9. The van der Waals surface area contributed by atoms with Gasteiger partial charge in [-0.15, -0.1) is 0 Å². The lowest BCUT2D eigenvalue weighted by Crippen LogP contribution is -2.73. The smallest absolute Gasteiger partial charge is 0.384 e. The molecule has 2 N–H and O–H groups in total. The van der Waals surface area contributed by atoms with Crippen LogP contribution in [-0.2, 0) is 0 Å². The number of alkyl halides is 14. The second-order valence-electron chi connectivity index (χ2n) is 4.60. The number of hydrogen-bond acceptors (Lipinski definition) is 2. The maximum Gasteiger partial charge on any atom is 0.384 e. The molecule has 0 rings (SSSR count). The van der Waals surface area contributed by atoms with Crippen molar-refractivity contribution < 1.29 is 71.7 Å². The fourth-order valence-electron chi connectivity index (χ4n) is 1.25. The van der Waals surface area contributed by atoms with Crippen LogP contribution < -0.4 is 0 Å². The Morgan fingerprint density at radius 2 is 0.520 bits per heavy atom. The van der Waals surface area contributed by atoms with Gasteiger partial charge in [-0.3, -0.25) is 0 Å². The average Bonchev–Trinajstić information content (AvgIpc) is 2.45. The maximum atomic E-state index is 13.0. The normalized spacial score (nSPS) is 16.3. The van der Waals surface area contributed by atoms with Crippen molar-refractivity contribution in [3.05, 3.63) is 0 Å². The second-order valence-corrected chi connectivity index (χ2v) is 4.60. The quantitative estimate of drug-likeness (QED) is 0.601. The molecule has 0 aliphatic carbocycles. The van der Waals surface area contributed by atoms with Crippen LogP contribution in [0.4, 0.5) is 61.5 Å². The van der Waals surface area contributed by atoms with E-state index in [2.05, 4.69) is 0 Å². The Morgan fingerprint density at radius 3 is 0.680 bits per heavy atom. The molecular weight excluding hydrogens is 406 g/mol. The monoisotopic (exact) mass is 412 g/mol. The molecule has 0 heterocycles. The van der Waals surface area contributed by atoms with E-state index in [-0.39, 0.29) is 0 Å². The zero-order valence-electron chi connectivity index (χ0n) is 11.1. The molecule has 0 atom stereocenters. The second kappa shape index (κ2) is 5.99. The standard InChI is InChI=1S/C9H6F14O2/c10-3(11,1-24)5(14,15)7(18,19)9(22,23)8(20,21)6(16,17)4(12,13)2-25/h24-25H,1-2H2. The predicted molar refractivity (Wildman–Crippen MR) is 48.8 cm³/mol. The van der Waals surface area contributed by atoms with Crippen LogP contribution in [0, 0.1) is 0 Å². The minimum absolute atomic E-state index is 3.31. The fourth-order valence-corrected chi connectivity index (χ4v) is 1.25. The van der Waals surface area contributed by atoms with Gasteiger partial charge >= 0.3 is 41.5 Å². The van der Waals surface area contributed by atoms with Crippen molar-refractivity contribution in [2.45, 2.75) is 41.5 Å². The van der Waals surface area contributed by atoms with Crippen LogP contribution in [-0.4, -0.2) is 64.9 Å². The molecule has 0 bridgehead atoms. The molecule has 0 saturated heterocycles. The number of hydrogen-bond donors (Lipinski definition) is 2. The first-order chi connectivity index (χ1) is 10.6. The van der Waals surface area contributed by atoms with Gasteiger partial charge in [-0.1, -0.05) is 0 Å². The predicted octanol–water partition coefficient (Wildman–Crippen LogP) is 3.42. The molecule has 0 amide bonds. The number of halogens is 14. The van der Waals surface area contributed by atoms with Crippen molar-refractivity contribution in [1.29, 1.82) is 0 Å². The van der Waals surface area contributed by atoms with Crippen LogP contribution in [0.1, 0.15) is 0 Å². The average molecular weight is 412 g/mol. The van der Waals surface area contributed by atoms with Gasteiger partial charge in [-0.25, -0.2) is 0 Å². The van der Waals surface area contributed by atoms with E-state index >= 15 is 0 Å². The molecule has 0 aromatic heterocycles. The SMILES string of the molecule is OCC(F)(F)C(F)(F)C(F)(F)C(F)(F)C(F)(F)C(F)(F)C(F)(F)CO. The van der Waals surface area contributed by atoms with Crippen molar-refractivity contribution in [3.8, 4) is 0 Å². The molecule has 16 heteroatoms. The van der Waals surface area contributed by atoms with Crippen LogP contribution in [0.2, 0.25) is 0 Å². The maximum absolute atomic E-state index is 13.0. The Kier molecular flexibility index (Phi) is 5.73. The highest BCUT2D eigenvalue weighted by Crippen LogP contribution is 2.61. The molecule has 0 aromatic carbocycles. The van der Waals surface area contributed by atoms with Gasteiger partial charge in [0.2, 0.25) is 0 Å². The van der Waals surface area contributed by atoms with E-state index in [4.69, 9.17) is 10.2 Å². The van der Waals surface area contributed by atoms with Gasteiger partial charge in [0, 0.05) is 0 Å². The van der Waals surface area contributed by atoms with Gasteiger partial charge in [-0.2, -0.15) is 61.5 Å². The summed E-state index contributed by atoms with van der Waals surface area (Å²) in [7, 11) is 0. The summed E-state index contributed by atoms with van der Waals surface area (Å²) in [4.78, 5) is 0. The summed E-state index contributed by atoms with van der Waals surface area (Å²) in [6, 6.07) is 0. The van der Waals surface area contributed by atoms with Crippen molar-refractivity contribution >= 4 is 0 Å². The van der Waals surface area contributed by atoms with Gasteiger partial charge < -0.3 is 10.2 Å². The molecule has 152 valence electrons. The largest absolute Gasteiger partial charge is 0.390 e. The van der Waals surface area contributed by atoms with Gasteiger partial charge in [0.05, 0.1) is 0 Å². The van der Waals surface area contributed by atoms with E-state index in [0.29, 0.717) is 0 Å². The number of rotatable bonds is 8. The molecule has 0 unspecified atom stereocenters. The molecule has 0 fully saturated rings. The number of aliphatic hydroxyl groups is 2. The van der Waals surface area contributed by atoms with E-state index in [1.807, 2.05) is 0 Å². The lowest BCUT2D eigenvalue weighted by molar-refractivity contribution is -0.443. The van der Waals surface area contributed by atoms with E-state index in [0.717, 1.165) is 0 Å². The Morgan fingerprint density at radius 1 is 0.360 bits per heavy atom. The van der Waals surface area contributed by atoms with Crippen molar-refractivity contribution in [1.82, 2.24) is 0 Å².